The van der Waals surface area contributed by atoms with Crippen molar-refractivity contribution in [1.82, 2.24) is 0 Å². The van der Waals surface area contributed by atoms with Gasteiger partial charge in [-0.2, -0.15) is 0 Å². The maximum atomic E-state index is 2.47. The number of rotatable bonds is 4. The molecular weight excluding hydrogens is 288 g/mol. The van der Waals surface area contributed by atoms with Crippen molar-refractivity contribution in [3.8, 4) is 11.1 Å². The molecule has 3 aromatic carbocycles. The molecule has 0 radical (unpaired) electrons. The minimum atomic E-state index is 1.14. The summed E-state index contributed by atoms with van der Waals surface area (Å²) in [7, 11) is 0. The molecule has 0 bridgehead atoms. The number of aryl methyl sites for hydroxylation is 1. The van der Waals surface area contributed by atoms with Crippen LogP contribution < -0.4 is 0 Å². The Balaban J connectivity index is 1.88. The third-order valence-electron chi connectivity index (χ3n) is 5.27. The third kappa shape index (κ3) is 2.57. The van der Waals surface area contributed by atoms with Crippen LogP contribution in [0, 0.1) is 6.92 Å². The van der Waals surface area contributed by atoms with Crippen LogP contribution in [0.3, 0.4) is 0 Å². The molecule has 0 N–H and O–H groups in total. The smallest absolute Gasteiger partial charge is 0.00550 e. The standard InChI is InChI=1S/C24H24/c1-3-4-8-18-15-23-17(2)13-14-22(24(23)16-18)21-12-7-10-19-9-5-6-11-20(19)21/h5-7,9-14,16H,3-4,8,15H2,1-2H3. The highest BCUT2D eigenvalue weighted by atomic mass is 14.2. The molecule has 0 heteroatoms. The first kappa shape index (κ1) is 15.2. The van der Waals surface area contributed by atoms with Crippen molar-refractivity contribution in [3.63, 3.8) is 0 Å². The Labute approximate surface area is 144 Å². The number of hydrogen-bond acceptors (Lipinski definition) is 0. The van der Waals surface area contributed by atoms with E-state index in [1.807, 2.05) is 0 Å². The third-order valence-corrected chi connectivity index (χ3v) is 5.27. The van der Waals surface area contributed by atoms with Gasteiger partial charge in [-0.1, -0.05) is 79.6 Å². The van der Waals surface area contributed by atoms with E-state index in [-0.39, 0.29) is 0 Å². The molecule has 120 valence electrons. The summed E-state index contributed by atoms with van der Waals surface area (Å²) in [6.45, 7) is 4.53. The highest BCUT2D eigenvalue weighted by Gasteiger charge is 2.19. The SMILES string of the molecule is CCCCC1=Cc2c(-c3cccc4ccccc34)ccc(C)c2C1. The van der Waals surface area contributed by atoms with E-state index >= 15 is 0 Å². The lowest BCUT2D eigenvalue weighted by atomic mass is 9.91. The second kappa shape index (κ2) is 6.28. The summed E-state index contributed by atoms with van der Waals surface area (Å²) in [6.07, 6.45) is 7.40. The molecule has 0 atom stereocenters. The van der Waals surface area contributed by atoms with E-state index in [1.54, 1.807) is 5.57 Å². The van der Waals surface area contributed by atoms with Crippen LogP contribution in [0.4, 0.5) is 0 Å². The molecule has 1 aliphatic carbocycles. The topological polar surface area (TPSA) is 0 Å². The fourth-order valence-electron chi connectivity index (χ4n) is 3.91. The van der Waals surface area contributed by atoms with Crippen LogP contribution in [-0.2, 0) is 6.42 Å². The molecule has 0 unspecified atom stereocenters. The van der Waals surface area contributed by atoms with E-state index in [9.17, 15) is 0 Å². The average Bonchev–Trinajstić information content (AvgIpc) is 3.05. The molecule has 0 nitrogen and oxygen atoms in total. The molecule has 3 aromatic rings. The Kier molecular flexibility index (Phi) is 3.98. The minimum Gasteiger partial charge on any atom is -0.0654 e. The molecular formula is C24H24. The number of benzene rings is 3. The molecule has 1 aliphatic rings. The summed E-state index contributed by atoms with van der Waals surface area (Å²) in [5.74, 6) is 0. The minimum absolute atomic E-state index is 1.14. The van der Waals surface area contributed by atoms with Crippen LogP contribution >= 0.6 is 0 Å². The van der Waals surface area contributed by atoms with Crippen molar-refractivity contribution < 1.29 is 0 Å². The average molecular weight is 312 g/mol. The van der Waals surface area contributed by atoms with E-state index in [2.05, 4.69) is 74.5 Å². The highest BCUT2D eigenvalue weighted by Crippen LogP contribution is 2.39. The van der Waals surface area contributed by atoms with Gasteiger partial charge in [-0.3, -0.25) is 0 Å². The largest absolute Gasteiger partial charge is 0.0654 e. The van der Waals surface area contributed by atoms with E-state index < -0.39 is 0 Å². The predicted octanol–water partition coefficient (Wildman–Crippen LogP) is 6.94. The van der Waals surface area contributed by atoms with Crippen LogP contribution in [-0.4, -0.2) is 0 Å². The molecule has 0 saturated heterocycles. The molecule has 0 aliphatic heterocycles. The van der Waals surface area contributed by atoms with Crippen LogP contribution in [0.1, 0.15) is 42.9 Å². The Morgan fingerprint density at radius 2 is 1.71 bits per heavy atom. The zero-order valence-electron chi connectivity index (χ0n) is 14.6. The van der Waals surface area contributed by atoms with Crippen LogP contribution in [0.2, 0.25) is 0 Å². The summed E-state index contributed by atoms with van der Waals surface area (Å²) < 4.78 is 0. The number of fused-ring (bicyclic) bond motifs is 2. The van der Waals surface area contributed by atoms with Gasteiger partial charge in [-0.15, -0.1) is 0 Å². The van der Waals surface area contributed by atoms with E-state index in [0.717, 1.165) is 6.42 Å². The molecule has 0 fully saturated rings. The first-order chi connectivity index (χ1) is 11.8. The second-order valence-corrected chi connectivity index (χ2v) is 6.93. The Hall–Kier alpha value is -2.34. The summed E-state index contributed by atoms with van der Waals surface area (Å²) in [5.41, 5.74) is 8.76. The van der Waals surface area contributed by atoms with Crippen LogP contribution in [0.25, 0.3) is 28.0 Å². The van der Waals surface area contributed by atoms with E-state index in [1.165, 1.54) is 57.9 Å². The van der Waals surface area contributed by atoms with Gasteiger partial charge in [0.15, 0.2) is 0 Å². The van der Waals surface area contributed by atoms with Gasteiger partial charge in [-0.05, 0) is 64.8 Å². The lowest BCUT2D eigenvalue weighted by molar-refractivity contribution is 0.779. The van der Waals surface area contributed by atoms with Gasteiger partial charge in [0, 0.05) is 0 Å². The normalized spacial score (nSPS) is 13.2. The van der Waals surface area contributed by atoms with Crippen molar-refractivity contribution >= 4 is 16.8 Å². The zero-order chi connectivity index (χ0) is 16.5. The summed E-state index contributed by atoms with van der Waals surface area (Å²) in [6, 6.07) is 20.0. The van der Waals surface area contributed by atoms with Crippen molar-refractivity contribution in [3.05, 3.63) is 76.9 Å². The van der Waals surface area contributed by atoms with Gasteiger partial charge in [0.2, 0.25) is 0 Å². The van der Waals surface area contributed by atoms with Gasteiger partial charge < -0.3 is 0 Å². The first-order valence-corrected chi connectivity index (χ1v) is 9.08. The van der Waals surface area contributed by atoms with Gasteiger partial charge in [0.05, 0.1) is 0 Å². The Morgan fingerprint density at radius 1 is 0.875 bits per heavy atom. The predicted molar refractivity (Wildman–Crippen MR) is 105 cm³/mol. The fraction of sp³-hybridized carbons (Fsp3) is 0.250. The number of hydrogen-bond donors (Lipinski definition) is 0. The Bertz CT molecular complexity index is 923. The molecule has 24 heavy (non-hydrogen) atoms. The zero-order valence-corrected chi connectivity index (χ0v) is 14.6. The number of allylic oxidation sites excluding steroid dienone is 1. The molecule has 0 spiro atoms. The maximum absolute atomic E-state index is 2.47. The summed E-state index contributed by atoms with van der Waals surface area (Å²) in [4.78, 5) is 0. The Morgan fingerprint density at radius 3 is 2.58 bits per heavy atom. The molecule has 4 rings (SSSR count). The maximum Gasteiger partial charge on any atom is -0.00550 e. The van der Waals surface area contributed by atoms with Gasteiger partial charge >= 0.3 is 0 Å². The fourth-order valence-corrected chi connectivity index (χ4v) is 3.91. The summed E-state index contributed by atoms with van der Waals surface area (Å²) in [5, 5.41) is 2.67. The monoisotopic (exact) mass is 312 g/mol. The van der Waals surface area contributed by atoms with Gasteiger partial charge in [0.1, 0.15) is 0 Å². The van der Waals surface area contributed by atoms with E-state index in [0.29, 0.717) is 0 Å². The quantitative estimate of drug-likeness (QED) is 0.489. The van der Waals surface area contributed by atoms with E-state index in [4.69, 9.17) is 0 Å². The molecule has 0 heterocycles. The van der Waals surface area contributed by atoms with Crippen LogP contribution in [0.15, 0.2) is 60.2 Å². The van der Waals surface area contributed by atoms with Crippen molar-refractivity contribution in [2.45, 2.75) is 39.5 Å². The number of unbranched alkanes of at least 4 members (excludes halogenated alkanes) is 1. The lowest BCUT2D eigenvalue weighted by Crippen LogP contribution is -1.93. The lowest BCUT2D eigenvalue weighted by Gasteiger charge is -2.13. The molecule has 0 amide bonds. The highest BCUT2D eigenvalue weighted by molar-refractivity contribution is 5.99. The molecule has 0 aromatic heterocycles. The van der Waals surface area contributed by atoms with Gasteiger partial charge in [0.25, 0.3) is 0 Å². The van der Waals surface area contributed by atoms with Crippen molar-refractivity contribution in [2.24, 2.45) is 0 Å². The first-order valence-electron chi connectivity index (χ1n) is 9.08. The van der Waals surface area contributed by atoms with Crippen molar-refractivity contribution in [2.75, 3.05) is 0 Å². The summed E-state index contributed by atoms with van der Waals surface area (Å²) >= 11 is 0. The van der Waals surface area contributed by atoms with Crippen molar-refractivity contribution in [1.29, 1.82) is 0 Å². The second-order valence-electron chi connectivity index (χ2n) is 6.93. The molecule has 0 saturated carbocycles. The van der Waals surface area contributed by atoms with Crippen LogP contribution in [0.5, 0.6) is 0 Å². The van der Waals surface area contributed by atoms with Gasteiger partial charge in [-0.25, -0.2) is 0 Å².